The second-order valence-electron chi connectivity index (χ2n) is 4.43. The molecule has 0 unspecified atom stereocenters. The van der Waals surface area contributed by atoms with Crippen molar-refractivity contribution in [3.05, 3.63) is 28.6 Å². The summed E-state index contributed by atoms with van der Waals surface area (Å²) in [6.07, 6.45) is 1.93. The molecule has 2 atom stereocenters. The van der Waals surface area contributed by atoms with E-state index in [2.05, 4.69) is 21.0 Å². The predicted molar refractivity (Wildman–Crippen MR) is 67.9 cm³/mol. The monoisotopic (exact) mass is 314 g/mol. The first kappa shape index (κ1) is 12.1. The average Bonchev–Trinajstić information content (AvgIpc) is 2.73. The van der Waals surface area contributed by atoms with Crippen LogP contribution < -0.4 is 0 Å². The quantitative estimate of drug-likeness (QED) is 0.878. The Balaban J connectivity index is 2.02. The van der Waals surface area contributed by atoms with Gasteiger partial charge in [-0.15, -0.1) is 0 Å². The summed E-state index contributed by atoms with van der Waals surface area (Å²) < 4.78 is 20.8. The molecule has 0 aliphatic carbocycles. The zero-order valence-electron chi connectivity index (χ0n) is 9.51. The van der Waals surface area contributed by atoms with Gasteiger partial charge in [0.2, 0.25) is 0 Å². The van der Waals surface area contributed by atoms with Crippen LogP contribution in [0.5, 0.6) is 0 Å². The summed E-state index contributed by atoms with van der Waals surface area (Å²) in [7, 11) is 0. The van der Waals surface area contributed by atoms with Crippen LogP contribution in [0.1, 0.15) is 12.5 Å². The predicted octanol–water partition coefficient (Wildman–Crippen LogP) is 2.26. The molecule has 3 rings (SSSR count). The van der Waals surface area contributed by atoms with Crippen molar-refractivity contribution in [1.82, 2.24) is 9.78 Å². The molecule has 0 radical (unpaired) electrons. The van der Waals surface area contributed by atoms with E-state index in [-0.39, 0.29) is 11.9 Å². The van der Waals surface area contributed by atoms with Crippen LogP contribution >= 0.6 is 15.9 Å². The van der Waals surface area contributed by atoms with Crippen LogP contribution in [0.2, 0.25) is 0 Å². The highest BCUT2D eigenvalue weighted by Crippen LogP contribution is 2.26. The lowest BCUT2D eigenvalue weighted by atomic mass is 10.1. The highest BCUT2D eigenvalue weighted by atomic mass is 79.9. The highest BCUT2D eigenvalue weighted by Gasteiger charge is 2.26. The van der Waals surface area contributed by atoms with Gasteiger partial charge in [-0.05, 0) is 28.4 Å². The minimum Gasteiger partial charge on any atom is -0.391 e. The Labute approximate surface area is 111 Å². The number of benzene rings is 1. The van der Waals surface area contributed by atoms with Crippen molar-refractivity contribution in [2.45, 2.75) is 18.6 Å². The molecule has 1 fully saturated rings. The van der Waals surface area contributed by atoms with E-state index < -0.39 is 6.10 Å². The van der Waals surface area contributed by atoms with Gasteiger partial charge >= 0.3 is 0 Å². The standard InChI is InChI=1S/C12H12BrFN2O2/c13-8-3-7-5-16(15-10(7)4-9(8)14)11-6-18-2-1-12(11)17/h3-5,11-12,17H,1-2,6H2/t11-,12-/m0/s1. The van der Waals surface area contributed by atoms with Gasteiger partial charge < -0.3 is 9.84 Å². The van der Waals surface area contributed by atoms with E-state index >= 15 is 0 Å². The number of ether oxygens (including phenoxy) is 1. The third kappa shape index (κ3) is 2.04. The van der Waals surface area contributed by atoms with Crippen molar-refractivity contribution in [3.8, 4) is 0 Å². The van der Waals surface area contributed by atoms with Gasteiger partial charge in [0.15, 0.2) is 0 Å². The third-order valence-corrected chi connectivity index (χ3v) is 3.80. The second-order valence-corrected chi connectivity index (χ2v) is 5.29. The molecule has 2 aromatic rings. The van der Waals surface area contributed by atoms with E-state index in [1.165, 1.54) is 6.07 Å². The Morgan fingerprint density at radius 1 is 1.50 bits per heavy atom. The molecule has 96 valence electrons. The molecule has 0 bridgehead atoms. The van der Waals surface area contributed by atoms with Crippen LogP contribution in [0.25, 0.3) is 10.9 Å². The molecule has 2 heterocycles. The number of fused-ring (bicyclic) bond motifs is 1. The summed E-state index contributed by atoms with van der Waals surface area (Å²) in [6.45, 7) is 0.997. The SMILES string of the molecule is O[C@H]1CCOC[C@@H]1n1cc2cc(Br)c(F)cc2n1. The number of hydrogen-bond acceptors (Lipinski definition) is 3. The molecular formula is C12H12BrFN2O2. The summed E-state index contributed by atoms with van der Waals surface area (Å²) in [4.78, 5) is 0. The van der Waals surface area contributed by atoms with Gasteiger partial charge in [0.05, 0.1) is 22.7 Å². The second kappa shape index (κ2) is 4.60. The van der Waals surface area contributed by atoms with Gasteiger partial charge in [0.1, 0.15) is 11.9 Å². The number of aliphatic hydroxyl groups excluding tert-OH is 1. The lowest BCUT2D eigenvalue weighted by Gasteiger charge is -2.27. The first-order valence-corrected chi connectivity index (χ1v) is 6.54. The fraction of sp³-hybridized carbons (Fsp3) is 0.417. The Morgan fingerprint density at radius 3 is 3.11 bits per heavy atom. The number of rotatable bonds is 1. The lowest BCUT2D eigenvalue weighted by Crippen LogP contribution is -2.34. The van der Waals surface area contributed by atoms with Crippen molar-refractivity contribution in [2.24, 2.45) is 0 Å². The Morgan fingerprint density at radius 2 is 2.33 bits per heavy atom. The minimum atomic E-state index is -0.471. The molecule has 0 amide bonds. The molecule has 1 N–H and O–H groups in total. The van der Waals surface area contributed by atoms with Gasteiger partial charge in [-0.25, -0.2) is 4.39 Å². The molecule has 1 aromatic carbocycles. The maximum atomic E-state index is 13.4. The van der Waals surface area contributed by atoms with Crippen LogP contribution in [0, 0.1) is 5.82 Å². The van der Waals surface area contributed by atoms with E-state index in [1.54, 1.807) is 10.7 Å². The number of aromatic nitrogens is 2. The summed E-state index contributed by atoms with van der Waals surface area (Å²) in [5.74, 6) is -0.340. The lowest BCUT2D eigenvalue weighted by molar-refractivity contribution is -0.0327. The zero-order chi connectivity index (χ0) is 12.7. The molecule has 1 aliphatic heterocycles. The first-order chi connectivity index (χ1) is 8.65. The van der Waals surface area contributed by atoms with Crippen LogP contribution in [-0.4, -0.2) is 34.2 Å². The summed E-state index contributed by atoms with van der Waals surface area (Å²) in [5.41, 5.74) is 0.577. The normalized spacial score (nSPS) is 24.6. The van der Waals surface area contributed by atoms with Crippen LogP contribution in [-0.2, 0) is 4.74 Å². The summed E-state index contributed by atoms with van der Waals surface area (Å²) in [6, 6.07) is 2.86. The van der Waals surface area contributed by atoms with E-state index in [1.807, 2.05) is 6.20 Å². The van der Waals surface area contributed by atoms with Crippen molar-refractivity contribution >= 4 is 26.8 Å². The summed E-state index contributed by atoms with van der Waals surface area (Å²) >= 11 is 3.15. The van der Waals surface area contributed by atoms with Crippen molar-refractivity contribution in [2.75, 3.05) is 13.2 Å². The fourth-order valence-corrected chi connectivity index (χ4v) is 2.53. The van der Waals surface area contributed by atoms with E-state index in [0.29, 0.717) is 29.6 Å². The molecule has 1 aromatic heterocycles. The molecule has 18 heavy (non-hydrogen) atoms. The summed E-state index contributed by atoms with van der Waals surface area (Å²) in [5, 5.41) is 15.1. The molecule has 4 nitrogen and oxygen atoms in total. The molecule has 6 heteroatoms. The number of hydrogen-bond donors (Lipinski definition) is 1. The molecule has 0 saturated carbocycles. The molecule has 0 spiro atoms. The number of nitrogens with zero attached hydrogens (tertiary/aromatic N) is 2. The van der Waals surface area contributed by atoms with Crippen LogP contribution in [0.4, 0.5) is 4.39 Å². The number of halogens is 2. The van der Waals surface area contributed by atoms with Gasteiger partial charge in [-0.1, -0.05) is 0 Å². The Bertz CT molecular complexity index is 548. The van der Waals surface area contributed by atoms with Gasteiger partial charge in [0.25, 0.3) is 0 Å². The number of aliphatic hydroxyl groups is 1. The van der Waals surface area contributed by atoms with E-state index in [0.717, 1.165) is 5.39 Å². The van der Waals surface area contributed by atoms with Crippen LogP contribution in [0.15, 0.2) is 22.8 Å². The van der Waals surface area contributed by atoms with E-state index in [4.69, 9.17) is 4.74 Å². The van der Waals surface area contributed by atoms with E-state index in [9.17, 15) is 9.50 Å². The van der Waals surface area contributed by atoms with Crippen molar-refractivity contribution in [1.29, 1.82) is 0 Å². The maximum Gasteiger partial charge on any atom is 0.139 e. The fourth-order valence-electron chi connectivity index (χ4n) is 2.17. The highest BCUT2D eigenvalue weighted by molar-refractivity contribution is 9.10. The van der Waals surface area contributed by atoms with Crippen molar-refractivity contribution < 1.29 is 14.2 Å². The minimum absolute atomic E-state index is 0.201. The molecule has 1 saturated heterocycles. The van der Waals surface area contributed by atoms with Gasteiger partial charge in [0, 0.05) is 24.3 Å². The molecular weight excluding hydrogens is 303 g/mol. The largest absolute Gasteiger partial charge is 0.391 e. The van der Waals surface area contributed by atoms with Gasteiger partial charge in [-0.3, -0.25) is 4.68 Å². The smallest absolute Gasteiger partial charge is 0.139 e. The average molecular weight is 315 g/mol. The zero-order valence-corrected chi connectivity index (χ0v) is 11.1. The van der Waals surface area contributed by atoms with Crippen LogP contribution in [0.3, 0.4) is 0 Å². The third-order valence-electron chi connectivity index (χ3n) is 3.19. The van der Waals surface area contributed by atoms with Crippen molar-refractivity contribution in [3.63, 3.8) is 0 Å². The molecule has 1 aliphatic rings. The Hall–Kier alpha value is -0.980. The maximum absolute atomic E-state index is 13.4. The first-order valence-electron chi connectivity index (χ1n) is 5.75. The Kier molecular flexibility index (Phi) is 3.09. The van der Waals surface area contributed by atoms with Gasteiger partial charge in [-0.2, -0.15) is 5.10 Å². The topological polar surface area (TPSA) is 47.3 Å².